The summed E-state index contributed by atoms with van der Waals surface area (Å²) < 4.78 is 10.5. The van der Waals surface area contributed by atoms with Crippen molar-refractivity contribution in [2.45, 2.75) is 13.8 Å². The molecule has 0 aliphatic carbocycles. The number of ether oxygens (including phenoxy) is 2. The van der Waals surface area contributed by atoms with Gasteiger partial charge in [-0.05, 0) is 24.1 Å². The highest BCUT2D eigenvalue weighted by Gasteiger charge is 2.25. The predicted octanol–water partition coefficient (Wildman–Crippen LogP) is 2.13. The lowest BCUT2D eigenvalue weighted by atomic mass is 9.93. The Balaban J connectivity index is 2.19. The molecule has 0 saturated carbocycles. The quantitative estimate of drug-likeness (QED) is 0.925. The number of carbonyl (C=O) groups is 1. The van der Waals surface area contributed by atoms with Gasteiger partial charge in [0.25, 0.3) is 5.91 Å². The number of benzene rings is 1. The zero-order valence-electron chi connectivity index (χ0n) is 11.9. The SMILES string of the molecule is CN(CC(C)(C)CN)C(=O)c1cc(Cl)c2c(c1)OCO2. The van der Waals surface area contributed by atoms with Crippen LogP contribution in [0.5, 0.6) is 11.5 Å². The van der Waals surface area contributed by atoms with Crippen molar-refractivity contribution >= 4 is 17.5 Å². The minimum absolute atomic E-state index is 0.119. The van der Waals surface area contributed by atoms with E-state index in [1.165, 1.54) is 0 Å². The monoisotopic (exact) mass is 298 g/mol. The van der Waals surface area contributed by atoms with Crippen LogP contribution in [0.1, 0.15) is 24.2 Å². The van der Waals surface area contributed by atoms with Gasteiger partial charge in [-0.25, -0.2) is 0 Å². The molecule has 0 atom stereocenters. The van der Waals surface area contributed by atoms with Gasteiger partial charge in [0.05, 0.1) is 5.02 Å². The molecule has 1 aromatic carbocycles. The molecule has 0 fully saturated rings. The third-order valence-corrected chi connectivity index (χ3v) is 3.52. The Kier molecular flexibility index (Phi) is 4.11. The molecular formula is C14H19ClN2O3. The summed E-state index contributed by atoms with van der Waals surface area (Å²) in [5, 5.41) is 0.384. The second-order valence-corrected chi connectivity index (χ2v) is 6.13. The third-order valence-electron chi connectivity index (χ3n) is 3.24. The number of hydrogen-bond donors (Lipinski definition) is 1. The van der Waals surface area contributed by atoms with E-state index in [1.54, 1.807) is 24.1 Å². The molecular weight excluding hydrogens is 280 g/mol. The van der Waals surface area contributed by atoms with Crippen LogP contribution < -0.4 is 15.2 Å². The smallest absolute Gasteiger partial charge is 0.253 e. The average molecular weight is 299 g/mol. The van der Waals surface area contributed by atoms with Crippen LogP contribution in [0.2, 0.25) is 5.02 Å². The second-order valence-electron chi connectivity index (χ2n) is 5.72. The van der Waals surface area contributed by atoms with E-state index in [0.717, 1.165) is 0 Å². The molecule has 0 bridgehead atoms. The minimum atomic E-state index is -0.134. The van der Waals surface area contributed by atoms with Gasteiger partial charge < -0.3 is 20.1 Å². The van der Waals surface area contributed by atoms with Gasteiger partial charge in [-0.1, -0.05) is 25.4 Å². The molecule has 0 saturated heterocycles. The Morgan fingerprint density at radius 3 is 2.80 bits per heavy atom. The van der Waals surface area contributed by atoms with E-state index in [1.807, 2.05) is 13.8 Å². The maximum absolute atomic E-state index is 12.4. The molecule has 0 radical (unpaired) electrons. The van der Waals surface area contributed by atoms with E-state index in [4.69, 9.17) is 26.8 Å². The standard InChI is InChI=1S/C14H19ClN2O3/c1-14(2,6-16)7-17(3)13(18)9-4-10(15)12-11(5-9)19-8-20-12/h4-5H,6-8,16H2,1-3H3. The first kappa shape index (κ1) is 14.9. The van der Waals surface area contributed by atoms with Crippen molar-refractivity contribution in [3.8, 4) is 11.5 Å². The van der Waals surface area contributed by atoms with Gasteiger partial charge in [0.2, 0.25) is 6.79 Å². The number of carbonyl (C=O) groups excluding carboxylic acids is 1. The maximum atomic E-state index is 12.4. The van der Waals surface area contributed by atoms with Gasteiger partial charge >= 0.3 is 0 Å². The fraction of sp³-hybridized carbons (Fsp3) is 0.500. The molecule has 1 aromatic rings. The number of rotatable bonds is 4. The number of amides is 1. The summed E-state index contributed by atoms with van der Waals surface area (Å²) in [7, 11) is 1.75. The molecule has 5 nitrogen and oxygen atoms in total. The summed E-state index contributed by atoms with van der Waals surface area (Å²) in [6.45, 7) is 5.23. The van der Waals surface area contributed by atoms with Crippen LogP contribution in [-0.4, -0.2) is 37.7 Å². The molecule has 2 N–H and O–H groups in total. The Morgan fingerprint density at radius 1 is 1.45 bits per heavy atom. The van der Waals surface area contributed by atoms with Gasteiger partial charge in [-0.2, -0.15) is 0 Å². The summed E-state index contributed by atoms with van der Waals surface area (Å²) in [5.41, 5.74) is 6.04. The molecule has 6 heteroatoms. The van der Waals surface area contributed by atoms with Gasteiger partial charge in [0.15, 0.2) is 11.5 Å². The molecule has 1 aliphatic heterocycles. The average Bonchev–Trinajstić information content (AvgIpc) is 2.86. The molecule has 0 spiro atoms. The lowest BCUT2D eigenvalue weighted by Crippen LogP contribution is -2.39. The van der Waals surface area contributed by atoms with Crippen LogP contribution in [-0.2, 0) is 0 Å². The largest absolute Gasteiger partial charge is 0.454 e. The molecule has 20 heavy (non-hydrogen) atoms. The van der Waals surface area contributed by atoms with Crippen LogP contribution in [0.3, 0.4) is 0 Å². The second kappa shape index (κ2) is 5.50. The van der Waals surface area contributed by atoms with Crippen molar-refractivity contribution < 1.29 is 14.3 Å². The van der Waals surface area contributed by atoms with E-state index in [-0.39, 0.29) is 18.1 Å². The Labute approximate surface area is 123 Å². The lowest BCUT2D eigenvalue weighted by molar-refractivity contribution is 0.0740. The van der Waals surface area contributed by atoms with E-state index >= 15 is 0 Å². The van der Waals surface area contributed by atoms with Gasteiger partial charge in [-0.3, -0.25) is 4.79 Å². The lowest BCUT2D eigenvalue weighted by Gasteiger charge is -2.29. The van der Waals surface area contributed by atoms with Crippen LogP contribution in [0.25, 0.3) is 0 Å². The minimum Gasteiger partial charge on any atom is -0.454 e. The molecule has 1 amide bonds. The first-order chi connectivity index (χ1) is 9.34. The van der Waals surface area contributed by atoms with E-state index in [0.29, 0.717) is 35.2 Å². The normalized spacial score (nSPS) is 13.4. The molecule has 1 aliphatic rings. The highest BCUT2D eigenvalue weighted by atomic mass is 35.5. The number of halogens is 1. The maximum Gasteiger partial charge on any atom is 0.253 e. The number of hydrogen-bond acceptors (Lipinski definition) is 4. The van der Waals surface area contributed by atoms with Crippen molar-refractivity contribution in [1.82, 2.24) is 4.90 Å². The number of nitrogens with two attached hydrogens (primary N) is 1. The fourth-order valence-corrected chi connectivity index (χ4v) is 2.35. The summed E-state index contributed by atoms with van der Waals surface area (Å²) in [5.74, 6) is 0.882. The Bertz CT molecular complexity index is 531. The summed E-state index contributed by atoms with van der Waals surface area (Å²) in [4.78, 5) is 14.1. The Morgan fingerprint density at radius 2 is 2.15 bits per heavy atom. The van der Waals surface area contributed by atoms with Gasteiger partial charge in [-0.15, -0.1) is 0 Å². The van der Waals surface area contributed by atoms with E-state index in [2.05, 4.69) is 0 Å². The fourth-order valence-electron chi connectivity index (χ4n) is 2.09. The zero-order valence-corrected chi connectivity index (χ0v) is 12.7. The highest BCUT2D eigenvalue weighted by molar-refractivity contribution is 6.32. The zero-order chi connectivity index (χ0) is 14.9. The number of fused-ring (bicyclic) bond motifs is 1. The Hall–Kier alpha value is -1.46. The topological polar surface area (TPSA) is 64.8 Å². The van der Waals surface area contributed by atoms with Gasteiger partial charge in [0.1, 0.15) is 0 Å². The van der Waals surface area contributed by atoms with E-state index in [9.17, 15) is 4.79 Å². The molecule has 0 unspecified atom stereocenters. The molecule has 2 rings (SSSR count). The van der Waals surface area contributed by atoms with Crippen molar-refractivity contribution in [1.29, 1.82) is 0 Å². The van der Waals surface area contributed by atoms with Gasteiger partial charge in [0, 0.05) is 19.2 Å². The molecule has 0 aromatic heterocycles. The van der Waals surface area contributed by atoms with E-state index < -0.39 is 0 Å². The highest BCUT2D eigenvalue weighted by Crippen LogP contribution is 2.40. The van der Waals surface area contributed by atoms with Crippen molar-refractivity contribution in [3.05, 3.63) is 22.7 Å². The first-order valence-electron chi connectivity index (χ1n) is 6.39. The van der Waals surface area contributed by atoms with Crippen molar-refractivity contribution in [2.24, 2.45) is 11.1 Å². The third kappa shape index (κ3) is 2.99. The summed E-state index contributed by atoms with van der Waals surface area (Å²) >= 11 is 6.09. The van der Waals surface area contributed by atoms with Crippen LogP contribution in [0.15, 0.2) is 12.1 Å². The molecule has 1 heterocycles. The molecule has 110 valence electrons. The summed E-state index contributed by atoms with van der Waals surface area (Å²) in [6, 6.07) is 3.26. The summed E-state index contributed by atoms with van der Waals surface area (Å²) in [6.07, 6.45) is 0. The number of nitrogens with zero attached hydrogens (tertiary/aromatic N) is 1. The van der Waals surface area contributed by atoms with Crippen LogP contribution in [0.4, 0.5) is 0 Å². The predicted molar refractivity (Wildman–Crippen MR) is 77.4 cm³/mol. The van der Waals surface area contributed by atoms with Crippen LogP contribution >= 0.6 is 11.6 Å². The first-order valence-corrected chi connectivity index (χ1v) is 6.76. The van der Waals surface area contributed by atoms with Crippen molar-refractivity contribution in [2.75, 3.05) is 26.9 Å². The van der Waals surface area contributed by atoms with Crippen LogP contribution in [0, 0.1) is 5.41 Å². The van der Waals surface area contributed by atoms with Crippen molar-refractivity contribution in [3.63, 3.8) is 0 Å².